The van der Waals surface area contributed by atoms with Crippen LogP contribution >= 0.6 is 0 Å². The van der Waals surface area contributed by atoms with E-state index in [0.29, 0.717) is 12.1 Å². The molecular formula is C17H14N4O. The molecule has 2 N–H and O–H groups in total. The Bertz CT molecular complexity index is 910. The highest BCUT2D eigenvalue weighted by molar-refractivity contribution is 6.01. The maximum absolute atomic E-state index is 12.3. The Kier molecular flexibility index (Phi) is 2.67. The van der Waals surface area contributed by atoms with Gasteiger partial charge >= 0.3 is 0 Å². The molecule has 2 aliphatic rings. The first-order valence-electron chi connectivity index (χ1n) is 7.23. The Morgan fingerprint density at radius 3 is 3.05 bits per heavy atom. The van der Waals surface area contributed by atoms with E-state index >= 15 is 0 Å². The molecule has 0 amide bonds. The van der Waals surface area contributed by atoms with Crippen molar-refractivity contribution in [3.8, 4) is 0 Å². The molecule has 0 saturated carbocycles. The van der Waals surface area contributed by atoms with Crippen molar-refractivity contribution in [2.75, 3.05) is 0 Å². The highest BCUT2D eigenvalue weighted by Crippen LogP contribution is 2.43. The van der Waals surface area contributed by atoms with Crippen LogP contribution < -0.4 is 5.32 Å². The Morgan fingerprint density at radius 1 is 1.36 bits per heavy atom. The minimum Gasteiger partial charge on any atom is -0.372 e. The predicted octanol–water partition coefficient (Wildman–Crippen LogP) is 3.02. The Morgan fingerprint density at radius 2 is 2.23 bits per heavy atom. The van der Waals surface area contributed by atoms with Gasteiger partial charge in [0, 0.05) is 28.8 Å². The van der Waals surface area contributed by atoms with E-state index in [9.17, 15) is 4.79 Å². The lowest BCUT2D eigenvalue weighted by atomic mass is 9.84. The fourth-order valence-electron chi connectivity index (χ4n) is 3.40. The van der Waals surface area contributed by atoms with Crippen LogP contribution in [0, 0.1) is 6.57 Å². The Labute approximate surface area is 127 Å². The summed E-state index contributed by atoms with van der Waals surface area (Å²) in [5, 5.41) is 11.2. The molecule has 1 aliphatic carbocycles. The minimum absolute atomic E-state index is 0.147. The third kappa shape index (κ3) is 1.70. The van der Waals surface area contributed by atoms with Crippen molar-refractivity contribution in [3.05, 3.63) is 64.0 Å². The van der Waals surface area contributed by atoms with Crippen LogP contribution in [-0.2, 0) is 4.79 Å². The summed E-state index contributed by atoms with van der Waals surface area (Å²) in [4.78, 5) is 16.0. The van der Waals surface area contributed by atoms with E-state index in [-0.39, 0.29) is 11.7 Å². The van der Waals surface area contributed by atoms with Crippen LogP contribution in [-0.4, -0.2) is 16.0 Å². The SMILES string of the molecule is [C-]#[N+]C1=C(C)NC2=C(C(=O)CC2)C1c1ccc2[nH]ncc2c1. The van der Waals surface area contributed by atoms with Gasteiger partial charge in [0.2, 0.25) is 0 Å². The smallest absolute Gasteiger partial charge is 0.195 e. The van der Waals surface area contributed by atoms with Gasteiger partial charge in [0.15, 0.2) is 11.5 Å². The summed E-state index contributed by atoms with van der Waals surface area (Å²) in [7, 11) is 0. The highest BCUT2D eigenvalue weighted by atomic mass is 16.1. The molecule has 1 aromatic heterocycles. The van der Waals surface area contributed by atoms with Gasteiger partial charge in [-0.25, -0.2) is 4.85 Å². The van der Waals surface area contributed by atoms with Crippen molar-refractivity contribution < 1.29 is 4.79 Å². The van der Waals surface area contributed by atoms with Crippen LogP contribution in [0.3, 0.4) is 0 Å². The van der Waals surface area contributed by atoms with Crippen LogP contribution in [0.1, 0.15) is 31.2 Å². The molecule has 0 bridgehead atoms. The van der Waals surface area contributed by atoms with E-state index in [2.05, 4.69) is 20.4 Å². The number of Topliss-reactive ketones (excluding diaryl/α,β-unsaturated/α-hetero) is 1. The lowest BCUT2D eigenvalue weighted by Gasteiger charge is -2.26. The number of hydrogen-bond acceptors (Lipinski definition) is 3. The second-order valence-corrected chi connectivity index (χ2v) is 5.71. The lowest BCUT2D eigenvalue weighted by Crippen LogP contribution is -2.24. The predicted molar refractivity (Wildman–Crippen MR) is 82.5 cm³/mol. The van der Waals surface area contributed by atoms with Crippen LogP contribution in [0.15, 0.2) is 47.1 Å². The summed E-state index contributed by atoms with van der Waals surface area (Å²) in [6.07, 6.45) is 3.03. The molecule has 0 radical (unpaired) electrons. The number of nitrogens with zero attached hydrogens (tertiary/aromatic N) is 2. The largest absolute Gasteiger partial charge is 0.372 e. The summed E-state index contributed by atoms with van der Waals surface area (Å²) < 4.78 is 0. The number of aromatic amines is 1. The number of benzene rings is 1. The van der Waals surface area contributed by atoms with E-state index in [0.717, 1.165) is 39.9 Å². The second kappa shape index (κ2) is 4.57. The number of nitrogens with one attached hydrogen (secondary N) is 2. The Hall–Kier alpha value is -2.87. The molecular weight excluding hydrogens is 276 g/mol. The molecule has 5 nitrogen and oxygen atoms in total. The number of carbonyl (C=O) groups excluding carboxylic acids is 1. The summed E-state index contributed by atoms with van der Waals surface area (Å²) in [6.45, 7) is 9.44. The zero-order chi connectivity index (χ0) is 15.3. The molecule has 0 saturated heterocycles. The van der Waals surface area contributed by atoms with Gasteiger partial charge in [0.25, 0.3) is 0 Å². The molecule has 5 heteroatoms. The number of rotatable bonds is 1. The molecule has 0 fully saturated rings. The van der Waals surface area contributed by atoms with E-state index in [1.54, 1.807) is 6.20 Å². The minimum atomic E-state index is -0.261. The molecule has 2 aromatic rings. The maximum atomic E-state index is 12.3. The summed E-state index contributed by atoms with van der Waals surface area (Å²) in [5.74, 6) is -0.114. The summed E-state index contributed by atoms with van der Waals surface area (Å²) in [6, 6.07) is 5.95. The quantitative estimate of drug-likeness (QED) is 0.794. The summed E-state index contributed by atoms with van der Waals surface area (Å²) in [5.41, 5.74) is 5.13. The number of fused-ring (bicyclic) bond motifs is 1. The fraction of sp³-hybridized carbons (Fsp3) is 0.235. The number of aromatic nitrogens is 2. The molecule has 1 aromatic carbocycles. The monoisotopic (exact) mass is 290 g/mol. The van der Waals surface area contributed by atoms with Gasteiger partial charge < -0.3 is 5.32 Å². The zero-order valence-corrected chi connectivity index (χ0v) is 12.1. The maximum Gasteiger partial charge on any atom is 0.195 e. The standard InChI is InChI=1S/C17H14N4O/c1-9-17(18-2)15(16-13(20-9)5-6-14(16)22)10-3-4-12-11(7-10)8-19-21-12/h3-4,7-8,15,20H,5-6H2,1H3,(H,19,21). The van der Waals surface area contributed by atoms with Crippen molar-refractivity contribution in [2.45, 2.75) is 25.7 Å². The number of carbonyl (C=O) groups is 1. The molecule has 22 heavy (non-hydrogen) atoms. The van der Waals surface area contributed by atoms with Crippen molar-refractivity contribution >= 4 is 16.7 Å². The van der Waals surface area contributed by atoms with Gasteiger partial charge in [-0.1, -0.05) is 6.07 Å². The van der Waals surface area contributed by atoms with Gasteiger partial charge in [-0.05, 0) is 31.0 Å². The number of dihydropyridines is 1. The zero-order valence-electron chi connectivity index (χ0n) is 12.1. The number of H-pyrrole nitrogens is 1. The summed E-state index contributed by atoms with van der Waals surface area (Å²) >= 11 is 0. The third-order valence-corrected chi connectivity index (χ3v) is 4.43. The molecule has 1 aliphatic heterocycles. The molecule has 4 rings (SSSR count). The topological polar surface area (TPSA) is 62.1 Å². The van der Waals surface area contributed by atoms with E-state index in [1.807, 2.05) is 25.1 Å². The average molecular weight is 290 g/mol. The Balaban J connectivity index is 1.93. The lowest BCUT2D eigenvalue weighted by molar-refractivity contribution is -0.115. The van der Waals surface area contributed by atoms with Crippen LogP contribution in [0.5, 0.6) is 0 Å². The van der Waals surface area contributed by atoms with E-state index < -0.39 is 0 Å². The van der Waals surface area contributed by atoms with Crippen molar-refractivity contribution in [1.82, 2.24) is 15.5 Å². The van der Waals surface area contributed by atoms with Crippen molar-refractivity contribution in [3.63, 3.8) is 0 Å². The van der Waals surface area contributed by atoms with E-state index in [4.69, 9.17) is 6.57 Å². The van der Waals surface area contributed by atoms with Gasteiger partial charge in [-0.3, -0.25) is 9.89 Å². The van der Waals surface area contributed by atoms with Crippen LogP contribution in [0.4, 0.5) is 0 Å². The third-order valence-electron chi connectivity index (χ3n) is 4.43. The molecule has 1 unspecified atom stereocenters. The van der Waals surface area contributed by atoms with E-state index in [1.165, 1.54) is 0 Å². The number of allylic oxidation sites excluding steroid dienone is 3. The van der Waals surface area contributed by atoms with Gasteiger partial charge in [-0.2, -0.15) is 5.10 Å². The fourth-order valence-corrected chi connectivity index (χ4v) is 3.40. The molecule has 2 heterocycles. The molecule has 1 atom stereocenters. The normalized spacial score (nSPS) is 21.1. The number of ketones is 1. The van der Waals surface area contributed by atoms with Crippen LogP contribution in [0.2, 0.25) is 0 Å². The van der Waals surface area contributed by atoms with Gasteiger partial charge in [0.1, 0.15) is 0 Å². The molecule has 108 valence electrons. The van der Waals surface area contributed by atoms with Crippen molar-refractivity contribution in [1.29, 1.82) is 0 Å². The van der Waals surface area contributed by atoms with Gasteiger partial charge in [0.05, 0.1) is 24.2 Å². The average Bonchev–Trinajstić information content (AvgIpc) is 3.12. The second-order valence-electron chi connectivity index (χ2n) is 5.71. The number of hydrogen-bond donors (Lipinski definition) is 2. The first-order chi connectivity index (χ1) is 10.7. The first-order valence-corrected chi connectivity index (χ1v) is 7.23. The van der Waals surface area contributed by atoms with Gasteiger partial charge in [-0.15, -0.1) is 0 Å². The van der Waals surface area contributed by atoms with Crippen LogP contribution in [0.25, 0.3) is 15.7 Å². The molecule has 0 spiro atoms. The highest BCUT2D eigenvalue weighted by Gasteiger charge is 2.37. The van der Waals surface area contributed by atoms with Crippen molar-refractivity contribution in [2.24, 2.45) is 0 Å². The first kappa shape index (κ1) is 12.8.